The maximum Gasteiger partial charge on any atom is 0.279 e. The summed E-state index contributed by atoms with van der Waals surface area (Å²) in [5.41, 5.74) is 2.34. The van der Waals surface area contributed by atoms with Crippen LogP contribution in [-0.2, 0) is 6.54 Å². The fourth-order valence-electron chi connectivity index (χ4n) is 3.73. The molecular formula is C19H20ClN3OS. The number of thiazole rings is 1. The number of aromatic nitrogens is 1. The first-order chi connectivity index (χ1) is 11.8. The Kier molecular flexibility index (Phi) is 4.65. The van der Waals surface area contributed by atoms with E-state index in [9.17, 15) is 0 Å². The molecule has 1 aromatic heterocycles. The Labute approximate surface area is 157 Å². The first kappa shape index (κ1) is 16.8. The lowest BCUT2D eigenvalue weighted by atomic mass is 10.2. The van der Waals surface area contributed by atoms with Gasteiger partial charge >= 0.3 is 0 Å². The fourth-order valence-corrected chi connectivity index (χ4v) is 4.57. The molecule has 0 unspecified atom stereocenters. The molecule has 2 fully saturated rings. The van der Waals surface area contributed by atoms with Crippen molar-refractivity contribution in [1.29, 1.82) is 0 Å². The van der Waals surface area contributed by atoms with Crippen molar-refractivity contribution in [2.75, 3.05) is 13.1 Å². The molecule has 130 valence electrons. The van der Waals surface area contributed by atoms with Crippen LogP contribution in [0.25, 0.3) is 10.2 Å². The smallest absolute Gasteiger partial charge is 0.279 e. The van der Waals surface area contributed by atoms with Gasteiger partial charge < -0.3 is 10.1 Å². The zero-order valence-corrected chi connectivity index (χ0v) is 15.4. The highest BCUT2D eigenvalue weighted by molar-refractivity contribution is 7.20. The van der Waals surface area contributed by atoms with Gasteiger partial charge in [-0.3, -0.25) is 4.90 Å². The predicted molar refractivity (Wildman–Crippen MR) is 104 cm³/mol. The topological polar surface area (TPSA) is 37.4 Å². The zero-order valence-electron chi connectivity index (χ0n) is 13.7. The molecule has 6 heteroatoms. The Morgan fingerprint density at radius 3 is 2.72 bits per heavy atom. The summed E-state index contributed by atoms with van der Waals surface area (Å²) in [7, 11) is 0. The Morgan fingerprint density at radius 1 is 1.16 bits per heavy atom. The van der Waals surface area contributed by atoms with E-state index in [0.29, 0.717) is 17.3 Å². The Balaban J connectivity index is 0.00000157. The van der Waals surface area contributed by atoms with Crippen LogP contribution in [0.4, 0.5) is 0 Å². The van der Waals surface area contributed by atoms with E-state index in [1.807, 2.05) is 30.3 Å². The van der Waals surface area contributed by atoms with Crippen LogP contribution in [0.2, 0.25) is 0 Å². The maximum atomic E-state index is 5.92. The van der Waals surface area contributed by atoms with Crippen LogP contribution < -0.4 is 10.1 Å². The minimum atomic E-state index is 0. The third-order valence-electron chi connectivity index (χ3n) is 4.96. The summed E-state index contributed by atoms with van der Waals surface area (Å²) in [6, 6.07) is 18.0. The number of ether oxygens (including phenoxy) is 1. The molecule has 2 aliphatic heterocycles. The van der Waals surface area contributed by atoms with Gasteiger partial charge in [-0.15, -0.1) is 12.4 Å². The summed E-state index contributed by atoms with van der Waals surface area (Å²) in [5, 5.41) is 4.25. The molecule has 0 radical (unpaired) electrons. The van der Waals surface area contributed by atoms with Crippen LogP contribution in [0.1, 0.15) is 12.0 Å². The van der Waals surface area contributed by atoms with Crippen LogP contribution in [0.15, 0.2) is 48.5 Å². The molecule has 5 rings (SSSR count). The minimum Gasteiger partial charge on any atom is -0.431 e. The van der Waals surface area contributed by atoms with Crippen molar-refractivity contribution >= 4 is 34.0 Å². The maximum absolute atomic E-state index is 5.92. The molecule has 0 amide bonds. The van der Waals surface area contributed by atoms with E-state index in [4.69, 9.17) is 4.74 Å². The van der Waals surface area contributed by atoms with E-state index in [1.165, 1.54) is 18.5 Å². The van der Waals surface area contributed by atoms with E-state index in [2.05, 4.69) is 33.4 Å². The van der Waals surface area contributed by atoms with Crippen molar-refractivity contribution in [3.05, 3.63) is 54.1 Å². The van der Waals surface area contributed by atoms with Gasteiger partial charge in [-0.05, 0) is 36.2 Å². The van der Waals surface area contributed by atoms with Gasteiger partial charge in [0.05, 0.1) is 10.2 Å². The number of benzene rings is 2. The molecule has 2 aliphatic rings. The SMILES string of the molecule is Cl.c1ccc2sc(Oc3ccc(CN4C[C@@H]5C[C@H]4CN5)cc3)nc2c1. The van der Waals surface area contributed by atoms with Gasteiger partial charge in [-0.2, -0.15) is 0 Å². The van der Waals surface area contributed by atoms with Crippen molar-refractivity contribution in [3.8, 4) is 10.9 Å². The van der Waals surface area contributed by atoms with Crippen LogP contribution in [0.5, 0.6) is 10.9 Å². The third kappa shape index (κ3) is 3.37. The molecule has 2 atom stereocenters. The normalized spacial score (nSPS) is 22.2. The zero-order chi connectivity index (χ0) is 15.9. The second kappa shape index (κ2) is 6.92. The number of rotatable bonds is 4. The highest BCUT2D eigenvalue weighted by Crippen LogP contribution is 2.31. The molecule has 0 saturated carbocycles. The van der Waals surface area contributed by atoms with Gasteiger partial charge in [0.1, 0.15) is 5.75 Å². The van der Waals surface area contributed by atoms with Crippen molar-refractivity contribution in [2.45, 2.75) is 25.0 Å². The van der Waals surface area contributed by atoms with E-state index in [1.54, 1.807) is 11.3 Å². The number of hydrogen-bond acceptors (Lipinski definition) is 5. The Hall–Kier alpha value is -1.66. The molecule has 2 aromatic carbocycles. The van der Waals surface area contributed by atoms with Crippen molar-refractivity contribution in [2.24, 2.45) is 0 Å². The second-order valence-corrected chi connectivity index (χ2v) is 7.61. The van der Waals surface area contributed by atoms with Gasteiger partial charge in [-0.25, -0.2) is 4.98 Å². The van der Waals surface area contributed by atoms with Crippen LogP contribution in [-0.4, -0.2) is 35.1 Å². The largest absolute Gasteiger partial charge is 0.431 e. The molecule has 2 saturated heterocycles. The van der Waals surface area contributed by atoms with Crippen LogP contribution >= 0.6 is 23.7 Å². The molecule has 1 N–H and O–H groups in total. The average Bonchev–Trinajstić information content (AvgIpc) is 3.31. The number of nitrogens with one attached hydrogen (secondary N) is 1. The van der Waals surface area contributed by atoms with Crippen LogP contribution in [0.3, 0.4) is 0 Å². The third-order valence-corrected chi connectivity index (χ3v) is 5.87. The number of para-hydroxylation sites is 1. The average molecular weight is 374 g/mol. The van der Waals surface area contributed by atoms with Crippen LogP contribution in [0, 0.1) is 0 Å². The van der Waals surface area contributed by atoms with Crippen molar-refractivity contribution in [1.82, 2.24) is 15.2 Å². The van der Waals surface area contributed by atoms with E-state index < -0.39 is 0 Å². The quantitative estimate of drug-likeness (QED) is 0.748. The number of halogens is 1. The van der Waals surface area contributed by atoms with E-state index in [-0.39, 0.29) is 12.4 Å². The standard InChI is InChI=1S/C19H19N3OS.ClH/c1-2-4-18-17(3-1)21-19(24-18)23-16-7-5-13(6-8-16)11-22-12-14-9-15(22)10-20-14;/h1-8,14-15,20H,9-12H2;1H/t14-,15-;/m0./s1. The number of likely N-dealkylation sites (tertiary alicyclic amines) is 1. The highest BCUT2D eigenvalue weighted by atomic mass is 35.5. The summed E-state index contributed by atoms with van der Waals surface area (Å²) < 4.78 is 7.08. The summed E-state index contributed by atoms with van der Waals surface area (Å²) >= 11 is 1.58. The first-order valence-electron chi connectivity index (χ1n) is 8.43. The Morgan fingerprint density at radius 2 is 2.00 bits per heavy atom. The molecular weight excluding hydrogens is 354 g/mol. The lowest BCUT2D eigenvalue weighted by Gasteiger charge is -2.27. The lowest BCUT2D eigenvalue weighted by molar-refractivity contribution is 0.218. The summed E-state index contributed by atoms with van der Waals surface area (Å²) in [5.74, 6) is 0.849. The fraction of sp³-hybridized carbons (Fsp3) is 0.316. The number of fused-ring (bicyclic) bond motifs is 3. The first-order valence-corrected chi connectivity index (χ1v) is 9.25. The molecule has 3 aromatic rings. The van der Waals surface area contributed by atoms with Crippen molar-refractivity contribution < 1.29 is 4.74 Å². The lowest BCUT2D eigenvalue weighted by Crippen LogP contribution is -2.42. The van der Waals surface area contributed by atoms with Gasteiger partial charge in [0.15, 0.2) is 0 Å². The summed E-state index contributed by atoms with van der Waals surface area (Å²) in [6.07, 6.45) is 1.30. The Bertz CT molecular complexity index is 833. The number of hydrogen-bond donors (Lipinski definition) is 1. The molecule has 0 aliphatic carbocycles. The molecule has 25 heavy (non-hydrogen) atoms. The molecule has 3 heterocycles. The van der Waals surface area contributed by atoms with Gasteiger partial charge in [0, 0.05) is 31.7 Å². The predicted octanol–water partition coefficient (Wildman–Crippen LogP) is 4.06. The van der Waals surface area contributed by atoms with E-state index in [0.717, 1.165) is 29.1 Å². The summed E-state index contributed by atoms with van der Waals surface area (Å²) in [4.78, 5) is 7.11. The number of piperazine rings is 1. The summed E-state index contributed by atoms with van der Waals surface area (Å²) in [6.45, 7) is 3.35. The molecule has 2 bridgehead atoms. The molecule has 0 spiro atoms. The van der Waals surface area contributed by atoms with Gasteiger partial charge in [-0.1, -0.05) is 35.6 Å². The number of nitrogens with zero attached hydrogens (tertiary/aromatic N) is 2. The van der Waals surface area contributed by atoms with Gasteiger partial charge in [0.2, 0.25) is 0 Å². The van der Waals surface area contributed by atoms with Gasteiger partial charge in [0.25, 0.3) is 5.19 Å². The minimum absolute atomic E-state index is 0. The molecule has 4 nitrogen and oxygen atoms in total. The van der Waals surface area contributed by atoms with Crippen molar-refractivity contribution in [3.63, 3.8) is 0 Å². The second-order valence-electron chi connectivity index (χ2n) is 6.62. The van der Waals surface area contributed by atoms with E-state index >= 15 is 0 Å². The monoisotopic (exact) mass is 373 g/mol. The highest BCUT2D eigenvalue weighted by Gasteiger charge is 2.37.